The third kappa shape index (κ3) is 4.12. The molecule has 2 fully saturated rings. The minimum atomic E-state index is -1.01. The van der Waals surface area contributed by atoms with Gasteiger partial charge in [-0.25, -0.2) is 9.69 Å². The van der Waals surface area contributed by atoms with Gasteiger partial charge in [0.05, 0.1) is 18.1 Å². The summed E-state index contributed by atoms with van der Waals surface area (Å²) < 4.78 is 5.64. The number of aliphatic hydroxyl groups excluding tert-OH is 1. The van der Waals surface area contributed by atoms with E-state index in [0.29, 0.717) is 12.0 Å². The van der Waals surface area contributed by atoms with Gasteiger partial charge in [-0.3, -0.25) is 4.79 Å². The Morgan fingerprint density at radius 3 is 2.27 bits per heavy atom. The van der Waals surface area contributed by atoms with Gasteiger partial charge >= 0.3 is 6.09 Å². The Labute approximate surface area is 177 Å². The number of benzene rings is 2. The summed E-state index contributed by atoms with van der Waals surface area (Å²) in [6.45, 7) is 1.64. The van der Waals surface area contributed by atoms with Crippen molar-refractivity contribution in [1.29, 1.82) is 0 Å². The summed E-state index contributed by atoms with van der Waals surface area (Å²) in [6.07, 6.45) is 5.81. The van der Waals surface area contributed by atoms with Crippen LogP contribution in [-0.4, -0.2) is 34.2 Å². The number of amides is 2. The molecular formula is C25H24NO4. The molecule has 30 heavy (non-hydrogen) atoms. The molecule has 1 heterocycles. The fourth-order valence-corrected chi connectivity index (χ4v) is 3.98. The molecule has 5 nitrogen and oxygen atoms in total. The Balaban J connectivity index is 1.59. The summed E-state index contributed by atoms with van der Waals surface area (Å²) in [6, 6.07) is 18.2. The third-order valence-corrected chi connectivity index (χ3v) is 5.65. The van der Waals surface area contributed by atoms with E-state index < -0.39 is 36.2 Å². The molecule has 0 aromatic heterocycles. The number of rotatable bonds is 6. The topological polar surface area (TPSA) is 66.8 Å². The summed E-state index contributed by atoms with van der Waals surface area (Å²) >= 11 is 0. The smallest absolute Gasteiger partial charge is 0.417 e. The standard InChI is InChI=1S/C25H24NO4/c1-17(22(27)19-12-6-3-7-13-19)24(28)26-21(16-18-10-4-2-5-11-18)23(30-25(26)29)20-14-8-9-15-20/h2-15,17,21-23,27H,16H2,1H3/t17-,21+,22+,23-/m0/s1. The quantitative estimate of drug-likeness (QED) is 0.800. The second-order valence-electron chi connectivity index (χ2n) is 7.63. The van der Waals surface area contributed by atoms with Crippen LogP contribution in [0.2, 0.25) is 0 Å². The Morgan fingerprint density at radius 1 is 1.03 bits per heavy atom. The van der Waals surface area contributed by atoms with Gasteiger partial charge in [-0.15, -0.1) is 0 Å². The fraction of sp³-hybridized carbons (Fsp3) is 0.240. The van der Waals surface area contributed by atoms with E-state index >= 15 is 0 Å². The highest BCUT2D eigenvalue weighted by Gasteiger charge is 2.50. The zero-order valence-corrected chi connectivity index (χ0v) is 16.7. The first kappa shape index (κ1) is 20.6. The average molecular weight is 402 g/mol. The molecule has 1 saturated carbocycles. The third-order valence-electron chi connectivity index (χ3n) is 5.65. The Morgan fingerprint density at radius 2 is 1.63 bits per heavy atom. The average Bonchev–Trinajstić information content (AvgIpc) is 3.42. The van der Waals surface area contributed by atoms with Gasteiger partial charge in [0.1, 0.15) is 6.10 Å². The molecule has 1 aliphatic heterocycles. The first-order chi connectivity index (χ1) is 14.6. The number of hydrogen-bond donors (Lipinski definition) is 1. The molecular weight excluding hydrogens is 378 g/mol. The highest BCUT2D eigenvalue weighted by atomic mass is 16.6. The fourth-order valence-electron chi connectivity index (χ4n) is 3.98. The van der Waals surface area contributed by atoms with Crippen LogP contribution < -0.4 is 0 Å². The first-order valence-electron chi connectivity index (χ1n) is 10.1. The van der Waals surface area contributed by atoms with Crippen molar-refractivity contribution in [2.24, 2.45) is 5.92 Å². The number of ether oxygens (including phenoxy) is 1. The maximum Gasteiger partial charge on any atom is 0.417 e. The van der Waals surface area contributed by atoms with Crippen LogP contribution in [0.15, 0.2) is 60.7 Å². The van der Waals surface area contributed by atoms with Crippen LogP contribution in [0, 0.1) is 37.5 Å². The zero-order chi connectivity index (χ0) is 21.1. The van der Waals surface area contributed by atoms with Crippen LogP contribution >= 0.6 is 0 Å². The van der Waals surface area contributed by atoms with Gasteiger partial charge in [0.15, 0.2) is 0 Å². The van der Waals surface area contributed by atoms with Gasteiger partial charge < -0.3 is 9.84 Å². The van der Waals surface area contributed by atoms with Gasteiger partial charge in [0.25, 0.3) is 0 Å². The molecule has 2 aromatic carbocycles. The zero-order valence-electron chi connectivity index (χ0n) is 16.7. The molecule has 2 amide bonds. The maximum absolute atomic E-state index is 13.4. The second-order valence-corrected chi connectivity index (χ2v) is 7.63. The molecule has 2 aromatic rings. The maximum atomic E-state index is 13.4. The van der Waals surface area contributed by atoms with Crippen molar-refractivity contribution < 1.29 is 19.4 Å². The summed E-state index contributed by atoms with van der Waals surface area (Å²) in [5.74, 6) is -0.376. The minimum Gasteiger partial charge on any atom is -0.443 e. The summed E-state index contributed by atoms with van der Waals surface area (Å²) in [5, 5.41) is 10.7. The lowest BCUT2D eigenvalue weighted by atomic mass is 9.89. The van der Waals surface area contributed by atoms with Gasteiger partial charge in [-0.2, -0.15) is 0 Å². The molecule has 1 N–H and O–H groups in total. The first-order valence-corrected chi connectivity index (χ1v) is 10.1. The van der Waals surface area contributed by atoms with Gasteiger partial charge in [0, 0.05) is 5.92 Å². The lowest BCUT2D eigenvalue weighted by molar-refractivity contribution is -0.136. The highest BCUT2D eigenvalue weighted by Crippen LogP contribution is 2.38. The van der Waals surface area contributed by atoms with Gasteiger partial charge in [-0.1, -0.05) is 67.6 Å². The van der Waals surface area contributed by atoms with Crippen LogP contribution in [0.4, 0.5) is 4.79 Å². The van der Waals surface area contributed by atoms with Crippen molar-refractivity contribution in [2.45, 2.75) is 31.6 Å². The molecule has 2 aliphatic rings. The van der Waals surface area contributed by atoms with E-state index in [-0.39, 0.29) is 0 Å². The molecule has 1 saturated heterocycles. The van der Waals surface area contributed by atoms with Crippen molar-refractivity contribution in [2.75, 3.05) is 0 Å². The number of nitrogens with zero attached hydrogens (tertiary/aromatic N) is 1. The number of carbonyl (C=O) groups is 2. The summed E-state index contributed by atoms with van der Waals surface area (Å²) in [4.78, 5) is 27.3. The molecule has 0 unspecified atom stereocenters. The van der Waals surface area contributed by atoms with E-state index in [4.69, 9.17) is 4.74 Å². The van der Waals surface area contributed by atoms with Crippen molar-refractivity contribution in [3.63, 3.8) is 0 Å². The van der Waals surface area contributed by atoms with Crippen molar-refractivity contribution in [1.82, 2.24) is 4.90 Å². The minimum absolute atomic E-state index is 0.439. The normalized spacial score (nSPS) is 23.9. The molecule has 5 radical (unpaired) electrons. The van der Waals surface area contributed by atoms with Crippen LogP contribution in [0.3, 0.4) is 0 Å². The van der Waals surface area contributed by atoms with E-state index in [2.05, 4.69) is 0 Å². The summed E-state index contributed by atoms with van der Waals surface area (Å²) in [7, 11) is 0. The molecule has 0 bridgehead atoms. The summed E-state index contributed by atoms with van der Waals surface area (Å²) in [5.41, 5.74) is 1.64. The number of imide groups is 1. The predicted octanol–water partition coefficient (Wildman–Crippen LogP) is 3.72. The SMILES string of the molecule is C[C@H](C(=O)N1C(=O)O[C@@H]([C]2[CH][CH][CH][CH]2)[C@H]1Cc1ccccc1)[C@@H](O)c1ccccc1. The molecule has 1 aliphatic carbocycles. The molecule has 4 atom stereocenters. The van der Waals surface area contributed by atoms with Crippen molar-refractivity contribution in [3.05, 3.63) is 103 Å². The van der Waals surface area contributed by atoms with E-state index in [9.17, 15) is 14.7 Å². The number of hydrogen-bond acceptors (Lipinski definition) is 4. The number of cyclic esters (lactones) is 1. The van der Waals surface area contributed by atoms with E-state index in [1.807, 2.05) is 74.2 Å². The van der Waals surface area contributed by atoms with Crippen molar-refractivity contribution in [3.8, 4) is 0 Å². The Bertz CT molecular complexity index is 863. The molecule has 153 valence electrons. The Hall–Kier alpha value is -2.66. The number of aliphatic hydroxyl groups is 1. The second kappa shape index (κ2) is 9.00. The Kier molecular flexibility index (Phi) is 6.18. The largest absolute Gasteiger partial charge is 0.443 e. The monoisotopic (exact) mass is 402 g/mol. The van der Waals surface area contributed by atoms with Gasteiger partial charge in [-0.05, 0) is 43.2 Å². The van der Waals surface area contributed by atoms with Gasteiger partial charge in [0.2, 0.25) is 5.91 Å². The molecule has 4 rings (SSSR count). The number of carbonyl (C=O) groups excluding carboxylic acids is 2. The van der Waals surface area contributed by atoms with Crippen LogP contribution in [0.5, 0.6) is 0 Å². The molecule has 5 heteroatoms. The van der Waals surface area contributed by atoms with Crippen LogP contribution in [0.25, 0.3) is 0 Å². The van der Waals surface area contributed by atoms with E-state index in [1.54, 1.807) is 19.1 Å². The highest BCUT2D eigenvalue weighted by molar-refractivity contribution is 5.95. The predicted molar refractivity (Wildman–Crippen MR) is 112 cm³/mol. The van der Waals surface area contributed by atoms with Crippen LogP contribution in [-0.2, 0) is 16.0 Å². The van der Waals surface area contributed by atoms with E-state index in [0.717, 1.165) is 11.5 Å². The molecule has 0 spiro atoms. The van der Waals surface area contributed by atoms with E-state index in [1.165, 1.54) is 4.90 Å². The van der Waals surface area contributed by atoms with Crippen LogP contribution in [0.1, 0.15) is 24.2 Å². The lowest BCUT2D eigenvalue weighted by Gasteiger charge is -2.29. The lowest BCUT2D eigenvalue weighted by Crippen LogP contribution is -2.47. The van der Waals surface area contributed by atoms with Crippen molar-refractivity contribution >= 4 is 12.0 Å².